The van der Waals surface area contributed by atoms with Crippen molar-refractivity contribution < 1.29 is 9.18 Å². The van der Waals surface area contributed by atoms with Gasteiger partial charge in [0.2, 0.25) is 0 Å². The maximum absolute atomic E-state index is 14.7. The van der Waals surface area contributed by atoms with Gasteiger partial charge >= 0.3 is 0 Å². The molecule has 4 aromatic rings. The topological polar surface area (TPSA) is 93.5 Å². The largest absolute Gasteiger partial charge is 0.315 e. The smallest absolute Gasteiger partial charge is 0.272 e. The highest BCUT2D eigenvalue weighted by Crippen LogP contribution is 2.40. The average molecular weight is 443 g/mol. The lowest BCUT2D eigenvalue weighted by Crippen LogP contribution is -2.27. The van der Waals surface area contributed by atoms with Gasteiger partial charge in [0, 0.05) is 36.6 Å². The molecule has 0 bridgehead atoms. The standard InChI is InChI=1S/C25H22FN5O2/c26-20-8-5-14(12-21-17-3-1-2-4-18(17)25(33)30-27-21)11-19(20)23(32)16-9-10-31-22(13-16)28-29-24(31)15-6-7-15/h1-5,8,11,15-16H,6-7,9-10,12-13H2,(H,30,33). The van der Waals surface area contributed by atoms with Crippen LogP contribution >= 0.6 is 0 Å². The fraction of sp³-hybridized carbons (Fsp3) is 0.320. The predicted octanol–water partition coefficient (Wildman–Crippen LogP) is 3.57. The summed E-state index contributed by atoms with van der Waals surface area (Å²) in [6.45, 7) is 0.694. The molecule has 33 heavy (non-hydrogen) atoms. The first-order valence-electron chi connectivity index (χ1n) is 11.3. The Hall–Kier alpha value is -3.68. The monoisotopic (exact) mass is 443 g/mol. The zero-order valence-electron chi connectivity index (χ0n) is 17.9. The molecule has 8 heteroatoms. The number of nitrogens with zero attached hydrogens (tertiary/aromatic N) is 4. The summed E-state index contributed by atoms with van der Waals surface area (Å²) in [7, 11) is 0. The molecular weight excluding hydrogens is 421 g/mol. The summed E-state index contributed by atoms with van der Waals surface area (Å²) in [6.07, 6.45) is 3.81. The molecule has 1 atom stereocenters. The minimum atomic E-state index is -0.520. The number of nitrogens with one attached hydrogen (secondary N) is 1. The molecule has 2 aromatic heterocycles. The molecule has 7 nitrogen and oxygen atoms in total. The van der Waals surface area contributed by atoms with Gasteiger partial charge in [-0.15, -0.1) is 10.2 Å². The first-order valence-corrected chi connectivity index (χ1v) is 11.3. The minimum Gasteiger partial charge on any atom is -0.315 e. The van der Waals surface area contributed by atoms with Gasteiger partial charge in [-0.1, -0.05) is 24.3 Å². The third-order valence-electron chi connectivity index (χ3n) is 6.74. The quantitative estimate of drug-likeness (QED) is 0.476. The fourth-order valence-electron chi connectivity index (χ4n) is 4.81. The number of H-pyrrole nitrogens is 1. The Balaban J connectivity index is 1.27. The van der Waals surface area contributed by atoms with Crippen molar-refractivity contribution in [3.05, 3.63) is 87.1 Å². The molecule has 0 radical (unpaired) electrons. The SMILES string of the molecule is O=C(c1cc(Cc2n[nH]c(=O)c3ccccc23)ccc1F)C1CCn2c(nnc2C2CC2)C1. The van der Waals surface area contributed by atoms with Crippen LogP contribution in [0.2, 0.25) is 0 Å². The fourth-order valence-corrected chi connectivity index (χ4v) is 4.81. The molecule has 0 amide bonds. The molecule has 1 unspecified atom stereocenters. The Labute approximate surface area is 188 Å². The van der Waals surface area contributed by atoms with Crippen molar-refractivity contribution in [3.8, 4) is 0 Å². The molecule has 1 N–H and O–H groups in total. The summed E-state index contributed by atoms with van der Waals surface area (Å²) < 4.78 is 16.9. The zero-order valence-corrected chi connectivity index (χ0v) is 17.9. The number of aromatic amines is 1. The van der Waals surface area contributed by atoms with Crippen molar-refractivity contribution in [1.29, 1.82) is 0 Å². The molecule has 1 fully saturated rings. The molecule has 2 aromatic carbocycles. The maximum Gasteiger partial charge on any atom is 0.272 e. The Morgan fingerprint density at radius 2 is 1.91 bits per heavy atom. The molecule has 6 rings (SSSR count). The summed E-state index contributed by atoms with van der Waals surface area (Å²) in [5.41, 5.74) is 1.29. The van der Waals surface area contributed by atoms with Crippen LogP contribution in [0.3, 0.4) is 0 Å². The highest BCUT2D eigenvalue weighted by Gasteiger charge is 2.34. The van der Waals surface area contributed by atoms with E-state index in [9.17, 15) is 14.0 Å². The normalized spacial score (nSPS) is 17.8. The molecule has 0 spiro atoms. The van der Waals surface area contributed by atoms with E-state index in [2.05, 4.69) is 25.0 Å². The molecule has 1 aliphatic carbocycles. The van der Waals surface area contributed by atoms with Crippen LogP contribution in [0.5, 0.6) is 0 Å². The number of fused-ring (bicyclic) bond motifs is 2. The molecule has 2 aliphatic rings. The van der Waals surface area contributed by atoms with Crippen molar-refractivity contribution in [3.63, 3.8) is 0 Å². The second kappa shape index (κ2) is 7.72. The van der Waals surface area contributed by atoms with Gasteiger partial charge in [-0.25, -0.2) is 9.49 Å². The number of Topliss-reactive ketones (excluding diaryl/α,β-unsaturated/α-hetero) is 1. The number of halogens is 1. The lowest BCUT2D eigenvalue weighted by atomic mass is 9.88. The number of ketones is 1. The lowest BCUT2D eigenvalue weighted by molar-refractivity contribution is 0.0893. The van der Waals surface area contributed by atoms with Gasteiger partial charge in [-0.05, 0) is 43.0 Å². The Morgan fingerprint density at radius 1 is 1.09 bits per heavy atom. The maximum atomic E-state index is 14.7. The summed E-state index contributed by atoms with van der Waals surface area (Å²) in [5.74, 6) is 1.33. The van der Waals surface area contributed by atoms with Crippen molar-refractivity contribution in [1.82, 2.24) is 25.0 Å². The van der Waals surface area contributed by atoms with Crippen molar-refractivity contribution in [2.45, 2.75) is 44.6 Å². The number of hydrogen-bond acceptors (Lipinski definition) is 5. The summed E-state index contributed by atoms with van der Waals surface area (Å²) in [5, 5.41) is 16.7. The highest BCUT2D eigenvalue weighted by atomic mass is 19.1. The summed E-state index contributed by atoms with van der Waals surface area (Å²) >= 11 is 0. The van der Waals surface area contributed by atoms with Crippen LogP contribution in [0, 0.1) is 11.7 Å². The highest BCUT2D eigenvalue weighted by molar-refractivity contribution is 5.98. The van der Waals surface area contributed by atoms with Gasteiger partial charge in [0.15, 0.2) is 5.78 Å². The van der Waals surface area contributed by atoms with E-state index in [0.29, 0.717) is 42.8 Å². The van der Waals surface area contributed by atoms with E-state index in [-0.39, 0.29) is 22.8 Å². The zero-order chi connectivity index (χ0) is 22.5. The number of aromatic nitrogens is 5. The molecule has 1 saturated carbocycles. The predicted molar refractivity (Wildman–Crippen MR) is 120 cm³/mol. The van der Waals surface area contributed by atoms with Crippen molar-refractivity contribution >= 4 is 16.6 Å². The molecule has 3 heterocycles. The Bertz CT molecular complexity index is 1450. The van der Waals surface area contributed by atoms with E-state index in [1.54, 1.807) is 24.3 Å². The van der Waals surface area contributed by atoms with Crippen LogP contribution in [0.4, 0.5) is 4.39 Å². The van der Waals surface area contributed by atoms with Crippen LogP contribution < -0.4 is 5.56 Å². The van der Waals surface area contributed by atoms with Gasteiger partial charge in [-0.2, -0.15) is 5.10 Å². The van der Waals surface area contributed by atoms with Gasteiger partial charge in [0.05, 0.1) is 16.6 Å². The van der Waals surface area contributed by atoms with E-state index < -0.39 is 5.82 Å². The van der Waals surface area contributed by atoms with E-state index >= 15 is 0 Å². The molecule has 166 valence electrons. The average Bonchev–Trinajstić information content (AvgIpc) is 3.60. The summed E-state index contributed by atoms with van der Waals surface area (Å²) in [4.78, 5) is 25.3. The van der Waals surface area contributed by atoms with Crippen molar-refractivity contribution in [2.24, 2.45) is 5.92 Å². The Morgan fingerprint density at radius 3 is 2.73 bits per heavy atom. The van der Waals surface area contributed by atoms with Crippen LogP contribution in [0.25, 0.3) is 10.8 Å². The van der Waals surface area contributed by atoms with Crippen molar-refractivity contribution in [2.75, 3.05) is 0 Å². The Kier molecular flexibility index (Phi) is 4.67. The number of hydrogen-bond donors (Lipinski definition) is 1. The van der Waals surface area contributed by atoms with E-state index in [1.807, 2.05) is 12.1 Å². The second-order valence-electron chi connectivity index (χ2n) is 8.99. The molecular formula is C25H22FN5O2. The van der Waals surface area contributed by atoms with Crippen LogP contribution in [-0.2, 0) is 19.4 Å². The number of carbonyl (C=O) groups is 1. The van der Waals surface area contributed by atoms with Gasteiger partial charge in [0.25, 0.3) is 5.56 Å². The number of carbonyl (C=O) groups excluding carboxylic acids is 1. The number of rotatable bonds is 5. The van der Waals surface area contributed by atoms with Gasteiger partial charge in [-0.3, -0.25) is 9.59 Å². The van der Waals surface area contributed by atoms with Crippen LogP contribution in [-0.4, -0.2) is 30.7 Å². The first kappa shape index (κ1) is 20.0. The lowest BCUT2D eigenvalue weighted by Gasteiger charge is -2.23. The third-order valence-corrected chi connectivity index (χ3v) is 6.74. The van der Waals surface area contributed by atoms with E-state index in [1.165, 1.54) is 6.07 Å². The van der Waals surface area contributed by atoms with Crippen LogP contribution in [0.15, 0.2) is 47.3 Å². The van der Waals surface area contributed by atoms with Crippen LogP contribution in [0.1, 0.15) is 58.4 Å². The van der Waals surface area contributed by atoms with E-state index in [4.69, 9.17) is 0 Å². The minimum absolute atomic E-state index is 0.0987. The molecule has 0 saturated heterocycles. The number of benzene rings is 2. The third kappa shape index (κ3) is 3.55. The van der Waals surface area contributed by atoms with Gasteiger partial charge in [0.1, 0.15) is 17.5 Å². The molecule has 1 aliphatic heterocycles. The van der Waals surface area contributed by atoms with E-state index in [0.717, 1.165) is 35.4 Å². The second-order valence-corrected chi connectivity index (χ2v) is 8.99. The summed E-state index contributed by atoms with van der Waals surface area (Å²) in [6, 6.07) is 11.9. The van der Waals surface area contributed by atoms with Gasteiger partial charge < -0.3 is 4.57 Å². The first-order chi connectivity index (χ1) is 16.1.